The van der Waals surface area contributed by atoms with Gasteiger partial charge in [-0.3, -0.25) is 0 Å². The zero-order valence-corrected chi connectivity index (χ0v) is 9.78. The molecule has 0 aliphatic rings. The largest absolute Gasteiger partial charge is 0.324 e. The Morgan fingerprint density at radius 3 is 2.81 bits per heavy atom. The molecule has 0 atom stereocenters. The molecule has 2 N–H and O–H groups in total. The number of nitrogens with two attached hydrogens (primary N) is 1. The summed E-state index contributed by atoms with van der Waals surface area (Å²) in [5.41, 5.74) is 6.56. The molecule has 1 heterocycles. The van der Waals surface area contributed by atoms with Gasteiger partial charge in [0.25, 0.3) is 0 Å². The molecule has 0 saturated heterocycles. The SMILES string of the molecule is CCn1c(CN)nnc1-c1cccc(Cl)c1. The van der Waals surface area contributed by atoms with Crippen LogP contribution in [0.25, 0.3) is 11.4 Å². The van der Waals surface area contributed by atoms with E-state index in [0.29, 0.717) is 11.6 Å². The first-order valence-electron chi connectivity index (χ1n) is 5.14. The van der Waals surface area contributed by atoms with Gasteiger partial charge in [-0.2, -0.15) is 0 Å². The zero-order chi connectivity index (χ0) is 11.5. The standard InChI is InChI=1S/C11H13ClN4/c1-2-16-10(7-13)14-15-11(16)8-4-3-5-9(12)6-8/h3-6H,2,7,13H2,1H3. The van der Waals surface area contributed by atoms with Gasteiger partial charge in [0.05, 0.1) is 6.54 Å². The third-order valence-electron chi connectivity index (χ3n) is 2.41. The van der Waals surface area contributed by atoms with Gasteiger partial charge in [0.15, 0.2) is 5.82 Å². The molecule has 5 heteroatoms. The van der Waals surface area contributed by atoms with E-state index in [1.165, 1.54) is 0 Å². The van der Waals surface area contributed by atoms with Gasteiger partial charge in [0, 0.05) is 17.1 Å². The molecule has 16 heavy (non-hydrogen) atoms. The number of nitrogens with zero attached hydrogens (tertiary/aromatic N) is 3. The smallest absolute Gasteiger partial charge is 0.164 e. The van der Waals surface area contributed by atoms with Gasteiger partial charge in [-0.05, 0) is 19.1 Å². The van der Waals surface area contributed by atoms with Crippen LogP contribution in [0.4, 0.5) is 0 Å². The molecule has 1 aromatic heterocycles. The highest BCUT2D eigenvalue weighted by molar-refractivity contribution is 6.30. The third-order valence-corrected chi connectivity index (χ3v) is 2.64. The molecule has 0 aliphatic heterocycles. The van der Waals surface area contributed by atoms with Gasteiger partial charge in [-0.15, -0.1) is 10.2 Å². The molecule has 0 amide bonds. The van der Waals surface area contributed by atoms with Crippen molar-refractivity contribution in [1.29, 1.82) is 0 Å². The molecule has 2 aromatic rings. The van der Waals surface area contributed by atoms with Crippen LogP contribution in [0.2, 0.25) is 5.02 Å². The first-order valence-corrected chi connectivity index (χ1v) is 5.52. The summed E-state index contributed by atoms with van der Waals surface area (Å²) in [6.07, 6.45) is 0. The number of benzene rings is 1. The van der Waals surface area contributed by atoms with Gasteiger partial charge < -0.3 is 10.3 Å². The van der Waals surface area contributed by atoms with Crippen molar-refractivity contribution in [3.8, 4) is 11.4 Å². The summed E-state index contributed by atoms with van der Waals surface area (Å²) in [4.78, 5) is 0. The molecule has 2 rings (SSSR count). The van der Waals surface area contributed by atoms with E-state index in [4.69, 9.17) is 17.3 Å². The highest BCUT2D eigenvalue weighted by Gasteiger charge is 2.11. The molecule has 0 aliphatic carbocycles. The first-order chi connectivity index (χ1) is 7.76. The lowest BCUT2D eigenvalue weighted by molar-refractivity contribution is 0.704. The Morgan fingerprint density at radius 1 is 1.38 bits per heavy atom. The Bertz CT molecular complexity index is 492. The molecule has 1 aromatic carbocycles. The zero-order valence-electron chi connectivity index (χ0n) is 9.02. The molecule has 0 bridgehead atoms. The minimum absolute atomic E-state index is 0.390. The maximum absolute atomic E-state index is 5.95. The predicted molar refractivity (Wildman–Crippen MR) is 64.0 cm³/mol. The molecule has 4 nitrogen and oxygen atoms in total. The van der Waals surface area contributed by atoms with E-state index >= 15 is 0 Å². The molecule has 0 radical (unpaired) electrons. The van der Waals surface area contributed by atoms with Crippen LogP contribution in [0.5, 0.6) is 0 Å². The third kappa shape index (κ3) is 1.94. The molecule has 0 fully saturated rings. The number of hydrogen-bond donors (Lipinski definition) is 1. The summed E-state index contributed by atoms with van der Waals surface area (Å²) in [6.45, 7) is 3.22. The maximum Gasteiger partial charge on any atom is 0.164 e. The lowest BCUT2D eigenvalue weighted by atomic mass is 10.2. The molecule has 84 valence electrons. The Kier molecular flexibility index (Phi) is 3.22. The van der Waals surface area contributed by atoms with Gasteiger partial charge >= 0.3 is 0 Å². The molecule has 0 spiro atoms. The quantitative estimate of drug-likeness (QED) is 0.888. The van der Waals surface area contributed by atoms with E-state index < -0.39 is 0 Å². The highest BCUT2D eigenvalue weighted by atomic mass is 35.5. The van der Waals surface area contributed by atoms with E-state index in [9.17, 15) is 0 Å². The van der Waals surface area contributed by atoms with Gasteiger partial charge in [-0.25, -0.2) is 0 Å². The van der Waals surface area contributed by atoms with Crippen LogP contribution >= 0.6 is 11.6 Å². The van der Waals surface area contributed by atoms with Crippen LogP contribution in [-0.2, 0) is 13.1 Å². The van der Waals surface area contributed by atoms with E-state index in [-0.39, 0.29) is 0 Å². The van der Waals surface area contributed by atoms with Gasteiger partial charge in [0.1, 0.15) is 5.82 Å². The van der Waals surface area contributed by atoms with Gasteiger partial charge in [-0.1, -0.05) is 23.7 Å². The average Bonchev–Trinajstić information content (AvgIpc) is 2.71. The Balaban J connectivity index is 2.51. The number of rotatable bonds is 3. The van der Waals surface area contributed by atoms with Crippen LogP contribution in [0.15, 0.2) is 24.3 Å². The summed E-state index contributed by atoms with van der Waals surface area (Å²) < 4.78 is 1.99. The minimum Gasteiger partial charge on any atom is -0.324 e. The summed E-state index contributed by atoms with van der Waals surface area (Å²) in [6, 6.07) is 7.57. The molecular formula is C11H13ClN4. The van der Waals surface area contributed by atoms with Crippen molar-refractivity contribution < 1.29 is 0 Å². The second kappa shape index (κ2) is 4.63. The van der Waals surface area contributed by atoms with Crippen LogP contribution in [0.1, 0.15) is 12.7 Å². The lowest BCUT2D eigenvalue weighted by Gasteiger charge is -2.06. The highest BCUT2D eigenvalue weighted by Crippen LogP contribution is 2.21. The summed E-state index contributed by atoms with van der Waals surface area (Å²) in [5, 5.41) is 8.89. The summed E-state index contributed by atoms with van der Waals surface area (Å²) >= 11 is 5.95. The Hall–Kier alpha value is -1.39. The van der Waals surface area contributed by atoms with Crippen LogP contribution in [0, 0.1) is 0 Å². The van der Waals surface area contributed by atoms with Crippen molar-refractivity contribution >= 4 is 11.6 Å². The lowest BCUT2D eigenvalue weighted by Crippen LogP contribution is -2.08. The monoisotopic (exact) mass is 236 g/mol. The van der Waals surface area contributed by atoms with Gasteiger partial charge in [0.2, 0.25) is 0 Å². The summed E-state index contributed by atoms with van der Waals surface area (Å²) in [7, 11) is 0. The number of halogens is 1. The first kappa shape index (κ1) is 11.1. The number of aromatic nitrogens is 3. The predicted octanol–water partition coefficient (Wildman–Crippen LogP) is 2.08. The van der Waals surface area contributed by atoms with Crippen LogP contribution in [-0.4, -0.2) is 14.8 Å². The molecular weight excluding hydrogens is 224 g/mol. The summed E-state index contributed by atoms with van der Waals surface area (Å²) in [5.74, 6) is 1.60. The topological polar surface area (TPSA) is 56.7 Å². The average molecular weight is 237 g/mol. The molecule has 0 saturated carbocycles. The van der Waals surface area contributed by atoms with E-state index in [2.05, 4.69) is 10.2 Å². The van der Waals surface area contributed by atoms with Crippen LogP contribution in [0.3, 0.4) is 0 Å². The fourth-order valence-electron chi connectivity index (χ4n) is 1.66. The Labute approximate surface area is 99.1 Å². The van der Waals surface area contributed by atoms with Crippen molar-refractivity contribution in [2.45, 2.75) is 20.0 Å². The van der Waals surface area contributed by atoms with E-state index in [1.54, 1.807) is 0 Å². The van der Waals surface area contributed by atoms with Crippen molar-refractivity contribution in [3.63, 3.8) is 0 Å². The minimum atomic E-state index is 0.390. The van der Waals surface area contributed by atoms with Crippen LogP contribution < -0.4 is 5.73 Å². The van der Waals surface area contributed by atoms with Crippen molar-refractivity contribution in [1.82, 2.24) is 14.8 Å². The number of hydrogen-bond acceptors (Lipinski definition) is 3. The normalized spacial score (nSPS) is 10.7. The van der Waals surface area contributed by atoms with E-state index in [0.717, 1.165) is 23.8 Å². The second-order valence-electron chi connectivity index (χ2n) is 3.40. The van der Waals surface area contributed by atoms with E-state index in [1.807, 2.05) is 35.8 Å². The molecule has 0 unspecified atom stereocenters. The fourth-order valence-corrected chi connectivity index (χ4v) is 1.85. The van der Waals surface area contributed by atoms with Crippen molar-refractivity contribution in [3.05, 3.63) is 35.1 Å². The maximum atomic E-state index is 5.95. The van der Waals surface area contributed by atoms with Crippen molar-refractivity contribution in [2.75, 3.05) is 0 Å². The fraction of sp³-hybridized carbons (Fsp3) is 0.273. The van der Waals surface area contributed by atoms with Crippen molar-refractivity contribution in [2.24, 2.45) is 5.73 Å². The second-order valence-corrected chi connectivity index (χ2v) is 3.84. The Morgan fingerprint density at radius 2 is 2.19 bits per heavy atom.